The molecule has 1 aromatic heterocycles. The minimum atomic E-state index is -0.964. The van der Waals surface area contributed by atoms with Crippen LogP contribution in [-0.2, 0) is 16.1 Å². The van der Waals surface area contributed by atoms with Crippen molar-refractivity contribution in [3.05, 3.63) is 56.9 Å². The number of aliphatic hydroxyl groups excluding tert-OH is 1. The number of fused-ring (bicyclic) bond motifs is 4. The van der Waals surface area contributed by atoms with Gasteiger partial charge in [-0.15, -0.1) is 0 Å². The van der Waals surface area contributed by atoms with Crippen LogP contribution in [0.25, 0.3) is 0 Å². The third-order valence-corrected chi connectivity index (χ3v) is 6.18. The maximum absolute atomic E-state index is 13.3. The summed E-state index contributed by atoms with van der Waals surface area (Å²) < 4.78 is 9.27. The highest BCUT2D eigenvalue weighted by Gasteiger charge is 2.62. The summed E-state index contributed by atoms with van der Waals surface area (Å²) in [5, 5.41) is 10.7. The summed E-state index contributed by atoms with van der Waals surface area (Å²) in [6.45, 7) is 2.21. The topological polar surface area (TPSA) is 98.8 Å². The molecule has 0 radical (unpaired) electrons. The zero-order chi connectivity index (χ0) is 18.9. The molecule has 8 nitrogen and oxygen atoms in total. The Labute approximate surface area is 154 Å². The first-order valence-electron chi connectivity index (χ1n) is 9.40. The van der Waals surface area contributed by atoms with Crippen molar-refractivity contribution < 1.29 is 14.6 Å². The molecule has 1 aliphatic carbocycles. The van der Waals surface area contributed by atoms with Crippen LogP contribution in [0.15, 0.2) is 39.9 Å². The molecule has 1 aromatic carbocycles. The standard InChI is InChI=1S/C19H21N3O5/c1-2-12(10-6-4-3-5-7-10)21-18(25)20-9-8-11-13(22(20)19(21)26)15(24)17-16(27-17)14(11)23/h3-7,11-13,15-17,24H,2,8-9H2,1H3/t11-,12?,13+,15-,16+,17-/m0/s1. The van der Waals surface area contributed by atoms with Gasteiger partial charge < -0.3 is 9.84 Å². The fourth-order valence-corrected chi connectivity index (χ4v) is 4.83. The minimum Gasteiger partial charge on any atom is -0.388 e. The SMILES string of the molecule is CCC(c1ccccc1)n1c(=O)n2n(c1=O)[C@H]1[C@H](O)[C@@H]3O[C@@H]3C(=O)[C@H]1CC2. The highest BCUT2D eigenvalue weighted by molar-refractivity contribution is 5.90. The van der Waals surface area contributed by atoms with E-state index < -0.39 is 47.7 Å². The molecule has 0 amide bonds. The Morgan fingerprint density at radius 1 is 1.19 bits per heavy atom. The van der Waals surface area contributed by atoms with Gasteiger partial charge in [0.05, 0.1) is 12.1 Å². The van der Waals surface area contributed by atoms with Crippen LogP contribution in [0.2, 0.25) is 0 Å². The number of hydrogen-bond acceptors (Lipinski definition) is 5. The van der Waals surface area contributed by atoms with E-state index in [1.54, 1.807) is 0 Å². The lowest BCUT2D eigenvalue weighted by atomic mass is 9.79. The van der Waals surface area contributed by atoms with Gasteiger partial charge in [-0.25, -0.2) is 23.5 Å². The summed E-state index contributed by atoms with van der Waals surface area (Å²) in [5.74, 6) is -0.558. The number of ketones is 1. The van der Waals surface area contributed by atoms with Crippen molar-refractivity contribution in [1.29, 1.82) is 0 Å². The van der Waals surface area contributed by atoms with Crippen molar-refractivity contribution in [1.82, 2.24) is 13.9 Å². The molecule has 142 valence electrons. The second-order valence-electron chi connectivity index (χ2n) is 7.54. The molecule has 27 heavy (non-hydrogen) atoms. The van der Waals surface area contributed by atoms with Gasteiger partial charge in [0.2, 0.25) is 0 Å². The van der Waals surface area contributed by atoms with Gasteiger partial charge in [-0.05, 0) is 18.4 Å². The molecule has 8 heteroatoms. The molecule has 1 saturated carbocycles. The van der Waals surface area contributed by atoms with Crippen molar-refractivity contribution in [3.8, 4) is 0 Å². The lowest BCUT2D eigenvalue weighted by Gasteiger charge is -2.36. The third-order valence-electron chi connectivity index (χ3n) is 6.18. The number of aromatic nitrogens is 3. The highest BCUT2D eigenvalue weighted by Crippen LogP contribution is 2.45. The summed E-state index contributed by atoms with van der Waals surface area (Å²) in [4.78, 5) is 38.9. The summed E-state index contributed by atoms with van der Waals surface area (Å²) in [6, 6.07) is 8.29. The fraction of sp³-hybridized carbons (Fsp3) is 0.526. The first kappa shape index (κ1) is 16.7. The Morgan fingerprint density at radius 3 is 2.63 bits per heavy atom. The zero-order valence-electron chi connectivity index (χ0n) is 14.9. The Bertz CT molecular complexity index is 1020. The quantitative estimate of drug-likeness (QED) is 0.771. The molecule has 2 aromatic rings. The van der Waals surface area contributed by atoms with E-state index in [0.717, 1.165) is 5.56 Å². The maximum atomic E-state index is 13.3. The van der Waals surface area contributed by atoms with E-state index in [9.17, 15) is 19.5 Å². The van der Waals surface area contributed by atoms with Crippen LogP contribution in [0.4, 0.5) is 0 Å². The van der Waals surface area contributed by atoms with E-state index in [-0.39, 0.29) is 12.3 Å². The minimum absolute atomic E-state index is 0.0660. The van der Waals surface area contributed by atoms with Gasteiger partial charge in [-0.2, -0.15) is 0 Å². The van der Waals surface area contributed by atoms with Crippen LogP contribution in [-0.4, -0.2) is 43.1 Å². The van der Waals surface area contributed by atoms with Gasteiger partial charge in [0.25, 0.3) is 0 Å². The van der Waals surface area contributed by atoms with E-state index in [4.69, 9.17) is 4.74 Å². The van der Waals surface area contributed by atoms with Crippen LogP contribution in [0, 0.1) is 5.92 Å². The van der Waals surface area contributed by atoms with Gasteiger partial charge in [-0.3, -0.25) is 4.79 Å². The summed E-state index contributed by atoms with van der Waals surface area (Å²) in [6.07, 6.45) is -1.07. The average Bonchev–Trinajstić information content (AvgIpc) is 3.46. The van der Waals surface area contributed by atoms with Crippen molar-refractivity contribution >= 4 is 5.78 Å². The van der Waals surface area contributed by atoms with Crippen LogP contribution in [0.3, 0.4) is 0 Å². The molecule has 3 aliphatic rings. The predicted molar refractivity (Wildman–Crippen MR) is 94.6 cm³/mol. The molecule has 1 saturated heterocycles. The number of rotatable bonds is 3. The number of hydrogen-bond donors (Lipinski definition) is 1. The first-order chi connectivity index (χ1) is 13.0. The molecule has 2 aliphatic heterocycles. The molecular weight excluding hydrogens is 350 g/mol. The molecule has 3 heterocycles. The lowest BCUT2D eigenvalue weighted by molar-refractivity contribution is -0.130. The highest BCUT2D eigenvalue weighted by atomic mass is 16.6. The molecule has 0 bridgehead atoms. The van der Waals surface area contributed by atoms with Gasteiger partial charge in [-0.1, -0.05) is 37.3 Å². The Morgan fingerprint density at radius 2 is 1.93 bits per heavy atom. The molecule has 5 rings (SSSR count). The van der Waals surface area contributed by atoms with Crippen molar-refractivity contribution in [2.24, 2.45) is 5.92 Å². The van der Waals surface area contributed by atoms with Crippen molar-refractivity contribution in [2.75, 3.05) is 0 Å². The Kier molecular flexibility index (Phi) is 3.57. The van der Waals surface area contributed by atoms with Crippen LogP contribution >= 0.6 is 0 Å². The third kappa shape index (κ3) is 2.20. The van der Waals surface area contributed by atoms with Crippen molar-refractivity contribution in [3.63, 3.8) is 0 Å². The molecule has 6 atom stereocenters. The lowest BCUT2D eigenvalue weighted by Crippen LogP contribution is -2.52. The smallest absolute Gasteiger partial charge is 0.348 e. The first-order valence-corrected chi connectivity index (χ1v) is 9.40. The second kappa shape index (κ2) is 5.77. The Balaban J connectivity index is 1.67. The number of Topliss-reactive ketones (excluding diaryl/α,β-unsaturated/α-hetero) is 1. The number of benzene rings is 1. The molecular formula is C19H21N3O5. The van der Waals surface area contributed by atoms with E-state index in [2.05, 4.69) is 0 Å². The van der Waals surface area contributed by atoms with Gasteiger partial charge in [0.1, 0.15) is 18.3 Å². The molecule has 0 spiro atoms. The molecule has 2 fully saturated rings. The number of nitrogens with zero attached hydrogens (tertiary/aromatic N) is 3. The van der Waals surface area contributed by atoms with Gasteiger partial charge in [0.15, 0.2) is 5.78 Å². The zero-order valence-corrected chi connectivity index (χ0v) is 14.9. The van der Waals surface area contributed by atoms with E-state index in [0.29, 0.717) is 12.8 Å². The summed E-state index contributed by atoms with van der Waals surface area (Å²) in [5.41, 5.74) is 0.00847. The fourth-order valence-electron chi connectivity index (χ4n) is 4.83. The van der Waals surface area contributed by atoms with Crippen LogP contribution < -0.4 is 11.4 Å². The average molecular weight is 371 g/mol. The largest absolute Gasteiger partial charge is 0.388 e. The van der Waals surface area contributed by atoms with E-state index in [1.165, 1.54) is 13.9 Å². The molecule has 1 unspecified atom stereocenters. The number of ether oxygens (including phenoxy) is 1. The summed E-state index contributed by atoms with van der Waals surface area (Å²) in [7, 11) is 0. The summed E-state index contributed by atoms with van der Waals surface area (Å²) >= 11 is 0. The van der Waals surface area contributed by atoms with E-state index in [1.807, 2.05) is 37.3 Å². The van der Waals surface area contributed by atoms with Gasteiger partial charge >= 0.3 is 11.4 Å². The van der Waals surface area contributed by atoms with Gasteiger partial charge in [0, 0.05) is 12.5 Å². The van der Waals surface area contributed by atoms with E-state index >= 15 is 0 Å². The second-order valence-corrected chi connectivity index (χ2v) is 7.54. The van der Waals surface area contributed by atoms with Crippen LogP contribution in [0.1, 0.15) is 37.4 Å². The number of epoxide rings is 1. The molecule has 1 N–H and O–H groups in total. The maximum Gasteiger partial charge on any atom is 0.348 e. The monoisotopic (exact) mass is 371 g/mol. The number of carbonyl (C=O) groups excluding carboxylic acids is 1. The van der Waals surface area contributed by atoms with Crippen LogP contribution in [0.5, 0.6) is 0 Å². The predicted octanol–water partition coefficient (Wildman–Crippen LogP) is 0.0829. The number of aliphatic hydroxyl groups is 1. The number of carbonyl (C=O) groups is 1. The Hall–Kier alpha value is -2.45. The van der Waals surface area contributed by atoms with Crippen molar-refractivity contribution in [2.45, 2.75) is 56.7 Å². The normalized spacial score (nSPS) is 32.4.